The number of rotatable bonds is 4. The van der Waals surface area contributed by atoms with Crippen molar-refractivity contribution in [2.45, 2.75) is 76.2 Å². The number of carbonyl (C=O) groups is 1. The zero-order chi connectivity index (χ0) is 16.5. The number of nitrogens with one attached hydrogen (secondary N) is 2. The molecule has 1 aromatic rings. The molecule has 3 N–H and O–H groups in total. The fraction of sp³-hybridized carbons (Fsp3) is 0.789. The van der Waals surface area contributed by atoms with Crippen LogP contribution in [0.25, 0.3) is 0 Å². The van der Waals surface area contributed by atoms with Gasteiger partial charge in [-0.3, -0.25) is 9.89 Å². The van der Waals surface area contributed by atoms with Crippen LogP contribution in [0, 0.1) is 24.2 Å². The first-order chi connectivity index (χ1) is 11.4. The molecule has 0 spiro atoms. The molecule has 0 aromatic carbocycles. The first-order valence-corrected chi connectivity index (χ1v) is 9.51. The molecule has 4 bridgehead atoms. The van der Waals surface area contributed by atoms with Crippen molar-refractivity contribution in [1.82, 2.24) is 10.2 Å². The Morgan fingerprint density at radius 1 is 1.29 bits per heavy atom. The van der Waals surface area contributed by atoms with Crippen molar-refractivity contribution in [1.29, 1.82) is 0 Å². The van der Waals surface area contributed by atoms with Gasteiger partial charge in [0.25, 0.3) is 0 Å². The Labute approximate surface area is 142 Å². The van der Waals surface area contributed by atoms with Gasteiger partial charge < -0.3 is 10.4 Å². The van der Waals surface area contributed by atoms with Gasteiger partial charge in [-0.15, -0.1) is 0 Å². The molecule has 0 aliphatic heterocycles. The van der Waals surface area contributed by atoms with Crippen LogP contribution in [0.5, 0.6) is 0 Å². The number of amides is 1. The van der Waals surface area contributed by atoms with Gasteiger partial charge in [-0.1, -0.05) is 0 Å². The van der Waals surface area contributed by atoms with Crippen LogP contribution >= 0.6 is 0 Å². The number of aromatic nitrogens is 2. The molecule has 5 aliphatic carbocycles. The molecule has 0 saturated heterocycles. The molecule has 24 heavy (non-hydrogen) atoms. The summed E-state index contributed by atoms with van der Waals surface area (Å²) in [4.78, 5) is 12.7. The molecular formula is C19H27N3O2. The fourth-order valence-corrected chi connectivity index (χ4v) is 6.43. The molecule has 5 heteroatoms. The van der Waals surface area contributed by atoms with E-state index in [4.69, 9.17) is 0 Å². The highest BCUT2D eigenvalue weighted by Crippen LogP contribution is 2.62. The Hall–Kier alpha value is -1.36. The molecule has 5 aliphatic rings. The molecule has 5 fully saturated rings. The predicted molar refractivity (Wildman–Crippen MR) is 90.6 cm³/mol. The third-order valence-electron chi connectivity index (χ3n) is 6.98. The summed E-state index contributed by atoms with van der Waals surface area (Å²) in [5.41, 5.74) is 1.81. The van der Waals surface area contributed by atoms with Crippen LogP contribution in [0.15, 0.2) is 0 Å². The van der Waals surface area contributed by atoms with E-state index in [1.807, 2.05) is 6.92 Å². The average Bonchev–Trinajstić information content (AvgIpc) is 3.22. The lowest BCUT2D eigenvalue weighted by atomic mass is 9.47. The van der Waals surface area contributed by atoms with Crippen LogP contribution in [0.2, 0.25) is 0 Å². The topological polar surface area (TPSA) is 78.0 Å². The summed E-state index contributed by atoms with van der Waals surface area (Å²) in [5, 5.41) is 21.3. The summed E-state index contributed by atoms with van der Waals surface area (Å²) in [6.07, 6.45) is 9.20. The Kier molecular flexibility index (Phi) is 3.01. The summed E-state index contributed by atoms with van der Waals surface area (Å²) in [7, 11) is 0. The molecule has 2 unspecified atom stereocenters. The standard InChI is InChI=1S/C19H27N3O2/c1-11-16(14-2-3-14)21-22-17(11)20-15(23)9-18-5-12-4-13(6-18)8-19(24,7-12)10-18/h12-14,24H,2-10H2,1H3,(H2,20,21,22,23). The van der Waals surface area contributed by atoms with Crippen molar-refractivity contribution in [3.63, 3.8) is 0 Å². The first-order valence-electron chi connectivity index (χ1n) is 9.51. The van der Waals surface area contributed by atoms with E-state index in [1.54, 1.807) is 0 Å². The largest absolute Gasteiger partial charge is 0.390 e. The fourth-order valence-electron chi connectivity index (χ4n) is 6.43. The van der Waals surface area contributed by atoms with Gasteiger partial charge in [0.2, 0.25) is 5.91 Å². The van der Waals surface area contributed by atoms with Gasteiger partial charge >= 0.3 is 0 Å². The molecule has 5 saturated carbocycles. The molecule has 1 heterocycles. The van der Waals surface area contributed by atoms with E-state index in [0.29, 0.717) is 30.0 Å². The minimum absolute atomic E-state index is 0.0203. The normalized spacial score (nSPS) is 40.1. The van der Waals surface area contributed by atoms with Gasteiger partial charge in [-0.25, -0.2) is 0 Å². The van der Waals surface area contributed by atoms with Crippen molar-refractivity contribution in [2.75, 3.05) is 5.32 Å². The van der Waals surface area contributed by atoms with Crippen molar-refractivity contribution < 1.29 is 9.90 Å². The molecule has 0 radical (unpaired) electrons. The second-order valence-electron chi connectivity index (χ2n) is 9.30. The molecule has 1 amide bonds. The molecule has 5 nitrogen and oxygen atoms in total. The van der Waals surface area contributed by atoms with E-state index in [2.05, 4.69) is 15.5 Å². The zero-order valence-corrected chi connectivity index (χ0v) is 14.4. The summed E-state index contributed by atoms with van der Waals surface area (Å²) < 4.78 is 0. The van der Waals surface area contributed by atoms with Crippen molar-refractivity contribution in [3.05, 3.63) is 11.3 Å². The molecule has 130 valence electrons. The Morgan fingerprint density at radius 2 is 2.00 bits per heavy atom. The lowest BCUT2D eigenvalue weighted by Crippen LogP contribution is -2.56. The minimum Gasteiger partial charge on any atom is -0.390 e. The third-order valence-corrected chi connectivity index (χ3v) is 6.98. The predicted octanol–water partition coefficient (Wildman–Crippen LogP) is 3.26. The average molecular weight is 329 g/mol. The smallest absolute Gasteiger partial charge is 0.226 e. The minimum atomic E-state index is -0.494. The summed E-state index contributed by atoms with van der Waals surface area (Å²) in [5.74, 6) is 2.62. The van der Waals surface area contributed by atoms with E-state index >= 15 is 0 Å². The second kappa shape index (κ2) is 4.84. The van der Waals surface area contributed by atoms with E-state index < -0.39 is 5.60 Å². The number of hydrogen-bond donors (Lipinski definition) is 3. The van der Waals surface area contributed by atoms with Gasteiger partial charge in [0.15, 0.2) is 5.82 Å². The number of carbonyl (C=O) groups excluding carboxylic acids is 1. The summed E-state index contributed by atoms with van der Waals surface area (Å²) in [6, 6.07) is 0. The van der Waals surface area contributed by atoms with Gasteiger partial charge in [-0.2, -0.15) is 5.10 Å². The zero-order valence-electron chi connectivity index (χ0n) is 14.4. The number of aliphatic hydroxyl groups is 1. The molecule has 6 rings (SSSR count). The Balaban J connectivity index is 1.30. The maximum Gasteiger partial charge on any atom is 0.226 e. The molecular weight excluding hydrogens is 302 g/mol. The first kappa shape index (κ1) is 14.9. The third kappa shape index (κ3) is 2.40. The van der Waals surface area contributed by atoms with Gasteiger partial charge in [0.05, 0.1) is 5.60 Å². The maximum absolute atomic E-state index is 12.7. The number of anilines is 1. The Morgan fingerprint density at radius 3 is 2.62 bits per heavy atom. The van der Waals surface area contributed by atoms with E-state index in [1.165, 1.54) is 25.0 Å². The highest BCUT2D eigenvalue weighted by atomic mass is 16.3. The SMILES string of the molecule is Cc1c(NC(=O)CC23CC4CC(CC(O)(C4)C2)C3)n[nH]c1C1CC1. The second-order valence-corrected chi connectivity index (χ2v) is 9.30. The highest BCUT2D eigenvalue weighted by molar-refractivity contribution is 5.91. The number of aromatic amines is 1. The summed E-state index contributed by atoms with van der Waals surface area (Å²) in [6.45, 7) is 2.04. The van der Waals surface area contributed by atoms with Crippen LogP contribution in [-0.4, -0.2) is 26.8 Å². The van der Waals surface area contributed by atoms with Crippen LogP contribution in [-0.2, 0) is 4.79 Å². The maximum atomic E-state index is 12.7. The quantitative estimate of drug-likeness (QED) is 0.793. The van der Waals surface area contributed by atoms with E-state index in [0.717, 1.165) is 37.7 Å². The van der Waals surface area contributed by atoms with E-state index in [-0.39, 0.29) is 11.3 Å². The monoisotopic (exact) mass is 329 g/mol. The lowest BCUT2D eigenvalue weighted by molar-refractivity contribution is -0.167. The van der Waals surface area contributed by atoms with Gasteiger partial charge in [-0.05, 0) is 75.5 Å². The number of H-pyrrole nitrogens is 1. The van der Waals surface area contributed by atoms with Crippen molar-refractivity contribution in [2.24, 2.45) is 17.3 Å². The van der Waals surface area contributed by atoms with Crippen molar-refractivity contribution in [3.8, 4) is 0 Å². The van der Waals surface area contributed by atoms with Gasteiger partial charge in [0.1, 0.15) is 0 Å². The lowest BCUT2D eigenvalue weighted by Gasteiger charge is -2.60. The Bertz CT molecular complexity index is 677. The van der Waals surface area contributed by atoms with Crippen LogP contribution < -0.4 is 5.32 Å². The van der Waals surface area contributed by atoms with Crippen LogP contribution in [0.3, 0.4) is 0 Å². The number of nitrogens with zero attached hydrogens (tertiary/aromatic N) is 1. The summed E-state index contributed by atoms with van der Waals surface area (Å²) >= 11 is 0. The molecule has 2 atom stereocenters. The van der Waals surface area contributed by atoms with Crippen LogP contribution in [0.4, 0.5) is 5.82 Å². The van der Waals surface area contributed by atoms with Gasteiger partial charge in [0, 0.05) is 23.6 Å². The van der Waals surface area contributed by atoms with Crippen molar-refractivity contribution >= 4 is 11.7 Å². The molecule has 1 aromatic heterocycles. The van der Waals surface area contributed by atoms with Crippen LogP contribution in [0.1, 0.15) is 75.0 Å². The van der Waals surface area contributed by atoms with E-state index in [9.17, 15) is 9.90 Å². The highest BCUT2D eigenvalue weighted by Gasteiger charge is 2.57. The number of hydrogen-bond acceptors (Lipinski definition) is 3.